The van der Waals surface area contributed by atoms with E-state index in [0.717, 1.165) is 11.3 Å². The predicted molar refractivity (Wildman–Crippen MR) is 80.2 cm³/mol. The lowest BCUT2D eigenvalue weighted by atomic mass is 10.2. The predicted octanol–water partition coefficient (Wildman–Crippen LogP) is 0.611. The number of aryl methyl sites for hydroxylation is 1. The van der Waals surface area contributed by atoms with Gasteiger partial charge in [0.05, 0.1) is 10.6 Å². The Balaban J connectivity index is 2.10. The van der Waals surface area contributed by atoms with Crippen LogP contribution in [-0.2, 0) is 16.6 Å². The molecule has 5 N–H and O–H groups in total. The number of hydrogen-bond donors (Lipinski definition) is 3. The molecule has 7 nitrogen and oxygen atoms in total. The molecule has 21 heavy (non-hydrogen) atoms. The van der Waals surface area contributed by atoms with Gasteiger partial charge in [0, 0.05) is 6.54 Å². The fourth-order valence-corrected chi connectivity index (χ4v) is 3.06. The van der Waals surface area contributed by atoms with Crippen molar-refractivity contribution in [3.05, 3.63) is 40.4 Å². The first kappa shape index (κ1) is 15.4. The zero-order chi connectivity index (χ0) is 15.6. The summed E-state index contributed by atoms with van der Waals surface area (Å²) in [7, 11) is -3.76. The number of rotatable bonds is 4. The number of primary sulfonamides is 1. The smallest absolute Gasteiger partial charge is 0.263 e. The second kappa shape index (κ2) is 5.80. The van der Waals surface area contributed by atoms with Crippen LogP contribution in [0.25, 0.3) is 0 Å². The molecule has 0 atom stereocenters. The Labute approximate surface area is 126 Å². The Morgan fingerprint density at radius 3 is 2.71 bits per heavy atom. The standard InChI is InChI=1S/C12H14N4O3S2/c1-7-10(20-12(13)16-7)11(17)15-6-8-3-2-4-9(5-8)21(14,18)19/h2-5H,6H2,1H3,(H2,13,16)(H,15,17)(H2,14,18,19). The summed E-state index contributed by atoms with van der Waals surface area (Å²) < 4.78 is 22.5. The van der Waals surface area contributed by atoms with Crippen molar-refractivity contribution in [2.75, 3.05) is 5.73 Å². The summed E-state index contributed by atoms with van der Waals surface area (Å²) in [5, 5.41) is 8.08. The SMILES string of the molecule is Cc1nc(N)sc1C(=O)NCc1cccc(S(N)(=O)=O)c1. The number of amides is 1. The lowest BCUT2D eigenvalue weighted by molar-refractivity contribution is 0.0954. The van der Waals surface area contributed by atoms with Crippen molar-refractivity contribution in [1.82, 2.24) is 10.3 Å². The molecule has 1 heterocycles. The number of nitrogen functional groups attached to an aromatic ring is 1. The number of thiazole rings is 1. The quantitative estimate of drug-likeness (QED) is 0.758. The number of nitrogens with two attached hydrogens (primary N) is 2. The van der Waals surface area contributed by atoms with Crippen molar-refractivity contribution in [3.8, 4) is 0 Å². The number of hydrogen-bond acceptors (Lipinski definition) is 6. The third-order valence-corrected chi connectivity index (χ3v) is 4.60. The first-order valence-electron chi connectivity index (χ1n) is 5.90. The van der Waals surface area contributed by atoms with E-state index in [9.17, 15) is 13.2 Å². The molecule has 0 radical (unpaired) electrons. The molecule has 0 unspecified atom stereocenters. The Hall–Kier alpha value is -1.97. The molecule has 0 fully saturated rings. The molecule has 0 aliphatic heterocycles. The highest BCUT2D eigenvalue weighted by Gasteiger charge is 2.14. The van der Waals surface area contributed by atoms with Crippen LogP contribution in [0.3, 0.4) is 0 Å². The van der Waals surface area contributed by atoms with Gasteiger partial charge in [-0.05, 0) is 24.6 Å². The minimum Gasteiger partial charge on any atom is -0.375 e. The third-order valence-electron chi connectivity index (χ3n) is 2.70. The zero-order valence-electron chi connectivity index (χ0n) is 11.2. The minimum atomic E-state index is -3.76. The summed E-state index contributed by atoms with van der Waals surface area (Å²) >= 11 is 1.10. The Kier molecular flexibility index (Phi) is 4.26. The summed E-state index contributed by atoms with van der Waals surface area (Å²) in [6.07, 6.45) is 0. The number of benzene rings is 1. The van der Waals surface area contributed by atoms with Crippen LogP contribution in [-0.4, -0.2) is 19.3 Å². The van der Waals surface area contributed by atoms with E-state index >= 15 is 0 Å². The van der Waals surface area contributed by atoms with Gasteiger partial charge in [0.15, 0.2) is 5.13 Å². The van der Waals surface area contributed by atoms with Crippen molar-refractivity contribution in [1.29, 1.82) is 0 Å². The van der Waals surface area contributed by atoms with Crippen LogP contribution in [0.5, 0.6) is 0 Å². The van der Waals surface area contributed by atoms with Gasteiger partial charge in [-0.25, -0.2) is 18.5 Å². The van der Waals surface area contributed by atoms with Crippen LogP contribution < -0.4 is 16.2 Å². The number of carbonyl (C=O) groups is 1. The molecule has 1 aromatic heterocycles. The van der Waals surface area contributed by atoms with Crippen molar-refractivity contribution >= 4 is 32.4 Å². The molecule has 2 aromatic rings. The lowest BCUT2D eigenvalue weighted by Gasteiger charge is -2.06. The molecule has 0 bridgehead atoms. The Morgan fingerprint density at radius 2 is 2.14 bits per heavy atom. The van der Waals surface area contributed by atoms with Gasteiger partial charge < -0.3 is 11.1 Å². The Bertz CT molecular complexity index is 784. The summed E-state index contributed by atoms with van der Waals surface area (Å²) in [6, 6.07) is 6.08. The average Bonchev–Trinajstić information content (AvgIpc) is 2.74. The van der Waals surface area contributed by atoms with Gasteiger partial charge in [-0.1, -0.05) is 23.5 Å². The fraction of sp³-hybridized carbons (Fsp3) is 0.167. The molecule has 9 heteroatoms. The highest BCUT2D eigenvalue weighted by molar-refractivity contribution is 7.89. The Morgan fingerprint density at radius 1 is 1.43 bits per heavy atom. The molecule has 0 saturated heterocycles. The highest BCUT2D eigenvalue weighted by atomic mass is 32.2. The van der Waals surface area contributed by atoms with E-state index in [1.807, 2.05) is 0 Å². The fourth-order valence-electron chi connectivity index (χ4n) is 1.72. The molecular formula is C12H14N4O3S2. The number of carbonyl (C=O) groups excluding carboxylic acids is 1. The molecule has 2 rings (SSSR count). The maximum Gasteiger partial charge on any atom is 0.263 e. The van der Waals surface area contributed by atoms with Gasteiger partial charge in [0.1, 0.15) is 4.88 Å². The van der Waals surface area contributed by atoms with Crippen molar-refractivity contribution < 1.29 is 13.2 Å². The molecule has 0 aliphatic rings. The van der Waals surface area contributed by atoms with E-state index in [4.69, 9.17) is 10.9 Å². The molecule has 0 aliphatic carbocycles. The number of nitrogens with zero attached hydrogens (tertiary/aromatic N) is 1. The highest BCUT2D eigenvalue weighted by Crippen LogP contribution is 2.19. The van der Waals surface area contributed by atoms with Crippen molar-refractivity contribution in [2.45, 2.75) is 18.4 Å². The van der Waals surface area contributed by atoms with Gasteiger partial charge in [0.25, 0.3) is 5.91 Å². The van der Waals surface area contributed by atoms with Gasteiger partial charge in [-0.2, -0.15) is 0 Å². The molecule has 1 amide bonds. The first-order valence-corrected chi connectivity index (χ1v) is 8.26. The van der Waals surface area contributed by atoms with Crippen LogP contribution in [0.15, 0.2) is 29.2 Å². The zero-order valence-corrected chi connectivity index (χ0v) is 12.8. The third kappa shape index (κ3) is 3.78. The van der Waals surface area contributed by atoms with E-state index in [2.05, 4.69) is 10.3 Å². The van der Waals surface area contributed by atoms with Crippen LogP contribution in [0.4, 0.5) is 5.13 Å². The summed E-state index contributed by atoms with van der Waals surface area (Å²) in [6.45, 7) is 1.88. The average molecular weight is 326 g/mol. The van der Waals surface area contributed by atoms with Gasteiger partial charge in [-0.3, -0.25) is 4.79 Å². The molecular weight excluding hydrogens is 312 g/mol. The van der Waals surface area contributed by atoms with E-state index < -0.39 is 10.0 Å². The van der Waals surface area contributed by atoms with E-state index in [1.165, 1.54) is 12.1 Å². The monoisotopic (exact) mass is 326 g/mol. The van der Waals surface area contributed by atoms with Crippen LogP contribution in [0.1, 0.15) is 20.9 Å². The molecule has 1 aromatic carbocycles. The normalized spacial score (nSPS) is 11.3. The molecule has 112 valence electrons. The summed E-state index contributed by atoms with van der Waals surface area (Å²) in [4.78, 5) is 16.4. The molecule has 0 spiro atoms. The minimum absolute atomic E-state index is 0.00691. The van der Waals surface area contributed by atoms with Gasteiger partial charge in [0.2, 0.25) is 10.0 Å². The summed E-state index contributed by atoms with van der Waals surface area (Å²) in [5.41, 5.74) is 6.73. The number of nitrogens with one attached hydrogen (secondary N) is 1. The van der Waals surface area contributed by atoms with Crippen LogP contribution in [0.2, 0.25) is 0 Å². The summed E-state index contributed by atoms with van der Waals surface area (Å²) in [5.74, 6) is -0.303. The lowest BCUT2D eigenvalue weighted by Crippen LogP contribution is -2.23. The van der Waals surface area contributed by atoms with E-state index in [1.54, 1.807) is 19.1 Å². The maximum atomic E-state index is 12.0. The second-order valence-electron chi connectivity index (χ2n) is 4.34. The van der Waals surface area contributed by atoms with Crippen molar-refractivity contribution in [2.24, 2.45) is 5.14 Å². The van der Waals surface area contributed by atoms with Crippen LogP contribution >= 0.6 is 11.3 Å². The van der Waals surface area contributed by atoms with Gasteiger partial charge >= 0.3 is 0 Å². The van der Waals surface area contributed by atoms with Crippen molar-refractivity contribution in [3.63, 3.8) is 0 Å². The number of anilines is 1. The van der Waals surface area contributed by atoms with E-state index in [0.29, 0.717) is 21.3 Å². The second-order valence-corrected chi connectivity index (χ2v) is 6.93. The molecule has 0 saturated carbocycles. The topological polar surface area (TPSA) is 128 Å². The van der Waals surface area contributed by atoms with Gasteiger partial charge in [-0.15, -0.1) is 0 Å². The van der Waals surface area contributed by atoms with E-state index in [-0.39, 0.29) is 17.3 Å². The first-order chi connectivity index (χ1) is 9.77. The largest absolute Gasteiger partial charge is 0.375 e. The number of sulfonamides is 1. The number of aromatic nitrogens is 1. The van der Waals surface area contributed by atoms with Crippen LogP contribution in [0, 0.1) is 6.92 Å². The maximum absolute atomic E-state index is 12.0.